The highest BCUT2D eigenvalue weighted by Gasteiger charge is 2.23. The zero-order valence-corrected chi connectivity index (χ0v) is 11.0. The second-order valence-corrected chi connectivity index (χ2v) is 5.17. The Morgan fingerprint density at radius 3 is 3.11 bits per heavy atom. The summed E-state index contributed by atoms with van der Waals surface area (Å²) in [7, 11) is 0. The van der Waals surface area contributed by atoms with Gasteiger partial charge < -0.3 is 5.73 Å². The average Bonchev–Trinajstić information content (AvgIpc) is 2.71. The molecule has 1 aliphatic heterocycles. The number of benzene rings is 1. The maximum Gasteiger partial charge on any atom is 0.239 e. The van der Waals surface area contributed by atoms with E-state index in [1.165, 1.54) is 11.1 Å². The Labute approximate surface area is 111 Å². The number of anilines is 1. The molecule has 1 atom stereocenters. The average molecular weight is 263 g/mol. The zero-order valence-electron chi connectivity index (χ0n) is 10.2. The van der Waals surface area contributed by atoms with Gasteiger partial charge in [-0.25, -0.2) is 4.68 Å². The van der Waals surface area contributed by atoms with Crippen molar-refractivity contribution in [3.63, 3.8) is 0 Å². The van der Waals surface area contributed by atoms with Crippen LogP contribution in [0.3, 0.4) is 0 Å². The van der Waals surface area contributed by atoms with Crippen LogP contribution in [0, 0.1) is 6.92 Å². The molecule has 1 aromatic heterocycles. The summed E-state index contributed by atoms with van der Waals surface area (Å²) in [6.45, 7) is 2.91. The fourth-order valence-corrected chi connectivity index (χ4v) is 2.83. The highest BCUT2D eigenvalue weighted by molar-refractivity contribution is 6.31. The second-order valence-electron chi connectivity index (χ2n) is 4.76. The molecule has 2 N–H and O–H groups in total. The van der Waals surface area contributed by atoms with Gasteiger partial charge in [0.05, 0.1) is 0 Å². The van der Waals surface area contributed by atoms with Gasteiger partial charge in [-0.15, -0.1) is 5.10 Å². The molecule has 1 aromatic carbocycles. The van der Waals surface area contributed by atoms with Gasteiger partial charge in [0.2, 0.25) is 5.95 Å². The number of fused-ring (bicyclic) bond motifs is 1. The van der Waals surface area contributed by atoms with Crippen molar-refractivity contribution in [2.24, 2.45) is 0 Å². The third kappa shape index (κ3) is 1.86. The molecular formula is C13H15ClN4. The number of halogens is 1. The smallest absolute Gasteiger partial charge is 0.239 e. The van der Waals surface area contributed by atoms with Crippen molar-refractivity contribution in [2.75, 3.05) is 5.73 Å². The minimum Gasteiger partial charge on any atom is -0.366 e. The number of nitrogens with zero attached hydrogens (tertiary/aromatic N) is 3. The summed E-state index contributed by atoms with van der Waals surface area (Å²) in [6, 6.07) is 6.09. The predicted octanol–water partition coefficient (Wildman–Crippen LogP) is 2.55. The molecule has 4 nitrogen and oxygen atoms in total. The SMILES string of the molecule is Cc1c(Cl)cccc1C1CCc2nc(N)nn2C1. The summed E-state index contributed by atoms with van der Waals surface area (Å²) in [4.78, 5) is 4.22. The predicted molar refractivity (Wildman–Crippen MR) is 71.7 cm³/mol. The highest BCUT2D eigenvalue weighted by atomic mass is 35.5. The van der Waals surface area contributed by atoms with E-state index in [-0.39, 0.29) is 0 Å². The van der Waals surface area contributed by atoms with Gasteiger partial charge in [-0.05, 0) is 30.5 Å². The molecule has 0 radical (unpaired) electrons. The van der Waals surface area contributed by atoms with Crippen molar-refractivity contribution in [1.82, 2.24) is 14.8 Å². The molecule has 0 amide bonds. The molecule has 0 fully saturated rings. The lowest BCUT2D eigenvalue weighted by molar-refractivity contribution is 0.422. The van der Waals surface area contributed by atoms with Gasteiger partial charge in [0.25, 0.3) is 0 Å². The number of aromatic nitrogens is 3. The first-order chi connectivity index (χ1) is 8.65. The fraction of sp³-hybridized carbons (Fsp3) is 0.385. The number of nitrogens with two attached hydrogens (primary N) is 1. The zero-order chi connectivity index (χ0) is 12.7. The van der Waals surface area contributed by atoms with E-state index in [9.17, 15) is 0 Å². The molecule has 2 aromatic rings. The Kier molecular flexibility index (Phi) is 2.74. The lowest BCUT2D eigenvalue weighted by Crippen LogP contribution is -2.20. The van der Waals surface area contributed by atoms with Crippen LogP contribution in [0.15, 0.2) is 18.2 Å². The molecule has 18 heavy (non-hydrogen) atoms. The third-order valence-corrected chi connectivity index (χ3v) is 4.03. The Hall–Kier alpha value is -1.55. The van der Waals surface area contributed by atoms with E-state index in [1.807, 2.05) is 16.8 Å². The fourth-order valence-electron chi connectivity index (χ4n) is 2.65. The van der Waals surface area contributed by atoms with Gasteiger partial charge in [0, 0.05) is 23.9 Å². The molecule has 5 heteroatoms. The molecule has 0 saturated carbocycles. The quantitative estimate of drug-likeness (QED) is 0.859. The highest BCUT2D eigenvalue weighted by Crippen LogP contribution is 2.32. The first kappa shape index (κ1) is 11.5. The van der Waals surface area contributed by atoms with E-state index < -0.39 is 0 Å². The molecule has 0 saturated heterocycles. The molecule has 1 unspecified atom stereocenters. The summed E-state index contributed by atoms with van der Waals surface area (Å²) in [5.74, 6) is 1.80. The Morgan fingerprint density at radius 2 is 2.28 bits per heavy atom. The molecule has 0 aliphatic carbocycles. The Morgan fingerprint density at radius 1 is 1.44 bits per heavy atom. The molecule has 0 spiro atoms. The number of aryl methyl sites for hydroxylation is 1. The van der Waals surface area contributed by atoms with Crippen molar-refractivity contribution in [2.45, 2.75) is 32.2 Å². The van der Waals surface area contributed by atoms with Crippen molar-refractivity contribution < 1.29 is 0 Å². The van der Waals surface area contributed by atoms with Crippen molar-refractivity contribution in [3.8, 4) is 0 Å². The molecule has 0 bridgehead atoms. The van der Waals surface area contributed by atoms with Crippen LogP contribution in [0.5, 0.6) is 0 Å². The van der Waals surface area contributed by atoms with Gasteiger partial charge in [-0.2, -0.15) is 4.98 Å². The van der Waals surface area contributed by atoms with Crippen molar-refractivity contribution in [3.05, 3.63) is 40.2 Å². The topological polar surface area (TPSA) is 56.7 Å². The summed E-state index contributed by atoms with van der Waals surface area (Å²) >= 11 is 6.18. The van der Waals surface area contributed by atoms with Crippen LogP contribution in [-0.4, -0.2) is 14.8 Å². The van der Waals surface area contributed by atoms with Crippen LogP contribution >= 0.6 is 11.6 Å². The number of hydrogen-bond acceptors (Lipinski definition) is 3. The molecule has 2 heterocycles. The Bertz CT molecular complexity index is 591. The Balaban J connectivity index is 1.94. The lowest BCUT2D eigenvalue weighted by atomic mass is 9.89. The largest absolute Gasteiger partial charge is 0.366 e. The second kappa shape index (κ2) is 4.28. The number of rotatable bonds is 1. The molecule has 94 valence electrons. The maximum absolute atomic E-state index is 6.18. The number of hydrogen-bond donors (Lipinski definition) is 1. The lowest BCUT2D eigenvalue weighted by Gasteiger charge is -2.24. The summed E-state index contributed by atoms with van der Waals surface area (Å²) < 4.78 is 1.92. The van der Waals surface area contributed by atoms with Crippen LogP contribution in [0.1, 0.15) is 29.3 Å². The summed E-state index contributed by atoms with van der Waals surface area (Å²) in [5.41, 5.74) is 8.11. The van der Waals surface area contributed by atoms with Crippen molar-refractivity contribution in [1.29, 1.82) is 0 Å². The standard InChI is InChI=1S/C13H15ClN4/c1-8-10(3-2-4-11(8)14)9-5-6-12-16-13(15)17-18(12)7-9/h2-4,9H,5-7H2,1H3,(H2,15,17). The monoisotopic (exact) mass is 262 g/mol. The molecular weight excluding hydrogens is 248 g/mol. The minimum atomic E-state index is 0.369. The van der Waals surface area contributed by atoms with Gasteiger partial charge in [-0.1, -0.05) is 23.7 Å². The van der Waals surface area contributed by atoms with Gasteiger partial charge in [0.15, 0.2) is 0 Å². The van der Waals surface area contributed by atoms with E-state index in [1.54, 1.807) is 0 Å². The van der Waals surface area contributed by atoms with Crippen LogP contribution in [0.2, 0.25) is 5.02 Å². The van der Waals surface area contributed by atoms with E-state index in [0.717, 1.165) is 30.2 Å². The normalized spacial score (nSPS) is 18.7. The van der Waals surface area contributed by atoms with Crippen LogP contribution in [-0.2, 0) is 13.0 Å². The molecule has 3 rings (SSSR count). The van der Waals surface area contributed by atoms with E-state index in [4.69, 9.17) is 17.3 Å². The van der Waals surface area contributed by atoms with Gasteiger partial charge >= 0.3 is 0 Å². The first-order valence-corrected chi connectivity index (χ1v) is 6.47. The summed E-state index contributed by atoms with van der Waals surface area (Å²) in [6.07, 6.45) is 1.99. The number of nitrogen functional groups attached to an aromatic ring is 1. The van der Waals surface area contributed by atoms with Crippen LogP contribution in [0.4, 0.5) is 5.95 Å². The minimum absolute atomic E-state index is 0.369. The summed E-state index contributed by atoms with van der Waals surface area (Å²) in [5, 5.41) is 5.06. The van der Waals surface area contributed by atoms with Gasteiger partial charge in [0.1, 0.15) is 5.82 Å². The van der Waals surface area contributed by atoms with E-state index in [2.05, 4.69) is 23.1 Å². The van der Waals surface area contributed by atoms with Crippen LogP contribution < -0.4 is 5.73 Å². The van der Waals surface area contributed by atoms with E-state index in [0.29, 0.717) is 11.9 Å². The van der Waals surface area contributed by atoms with Gasteiger partial charge in [-0.3, -0.25) is 0 Å². The van der Waals surface area contributed by atoms with Crippen molar-refractivity contribution >= 4 is 17.5 Å². The first-order valence-electron chi connectivity index (χ1n) is 6.09. The van der Waals surface area contributed by atoms with Crippen LogP contribution in [0.25, 0.3) is 0 Å². The molecule has 1 aliphatic rings. The maximum atomic E-state index is 6.18. The van der Waals surface area contributed by atoms with E-state index >= 15 is 0 Å². The third-order valence-electron chi connectivity index (χ3n) is 3.62.